The van der Waals surface area contributed by atoms with Gasteiger partial charge in [-0.25, -0.2) is 4.98 Å². The predicted molar refractivity (Wildman–Crippen MR) is 85.4 cm³/mol. The summed E-state index contributed by atoms with van der Waals surface area (Å²) in [6, 6.07) is 2.43. The van der Waals surface area contributed by atoms with E-state index in [9.17, 15) is 5.11 Å². The summed E-state index contributed by atoms with van der Waals surface area (Å²) in [6.45, 7) is 0.517. The maximum atomic E-state index is 10.3. The highest BCUT2D eigenvalue weighted by molar-refractivity contribution is 5.51. The van der Waals surface area contributed by atoms with Gasteiger partial charge in [-0.1, -0.05) is 12.8 Å². The Labute approximate surface area is 127 Å². The molecule has 1 aromatic rings. The highest BCUT2D eigenvalue weighted by Gasteiger charge is 2.29. The number of nitrogens with two attached hydrogens (primary N) is 1. The number of anilines is 1. The lowest BCUT2D eigenvalue weighted by Crippen LogP contribution is -2.44. The molecule has 0 radical (unpaired) electrons. The van der Waals surface area contributed by atoms with Crippen LogP contribution in [0.2, 0.25) is 0 Å². The summed E-state index contributed by atoms with van der Waals surface area (Å²) < 4.78 is 0. The Morgan fingerprint density at radius 2 is 2.00 bits per heavy atom. The van der Waals surface area contributed by atoms with Crippen LogP contribution in [0.25, 0.3) is 0 Å². The Balaban J connectivity index is 1.92. The molecule has 4 heteroatoms. The number of aliphatic hydroxyl groups excluding tert-OH is 1. The van der Waals surface area contributed by atoms with E-state index in [4.69, 9.17) is 10.7 Å². The van der Waals surface area contributed by atoms with Gasteiger partial charge in [-0.05, 0) is 50.2 Å². The first-order valence-corrected chi connectivity index (χ1v) is 8.33. The molecule has 1 heterocycles. The highest BCUT2D eigenvalue weighted by Crippen LogP contribution is 2.30. The molecule has 3 rings (SSSR count). The molecular formula is C17H27N3O. The predicted octanol–water partition coefficient (Wildman–Crippen LogP) is 2.16. The van der Waals surface area contributed by atoms with Gasteiger partial charge in [-0.15, -0.1) is 0 Å². The van der Waals surface area contributed by atoms with Crippen molar-refractivity contribution in [1.29, 1.82) is 0 Å². The normalized spacial score (nSPS) is 25.5. The first-order chi connectivity index (χ1) is 10.2. The summed E-state index contributed by atoms with van der Waals surface area (Å²) >= 11 is 0. The topological polar surface area (TPSA) is 62.4 Å². The SMILES string of the molecule is CN(c1nc2c(cc1CN)CCCC2)C1CCCCC1O. The van der Waals surface area contributed by atoms with E-state index in [0.717, 1.165) is 43.5 Å². The molecule has 1 fully saturated rings. The van der Waals surface area contributed by atoms with Crippen molar-refractivity contribution < 1.29 is 5.11 Å². The quantitative estimate of drug-likeness (QED) is 0.895. The number of nitrogens with zero attached hydrogens (tertiary/aromatic N) is 2. The molecule has 0 spiro atoms. The average molecular weight is 289 g/mol. The fraction of sp³-hybridized carbons (Fsp3) is 0.706. The number of pyridine rings is 1. The van der Waals surface area contributed by atoms with E-state index in [0.29, 0.717) is 6.54 Å². The zero-order chi connectivity index (χ0) is 14.8. The molecule has 4 nitrogen and oxygen atoms in total. The van der Waals surface area contributed by atoms with Gasteiger partial charge in [0, 0.05) is 24.8 Å². The van der Waals surface area contributed by atoms with Gasteiger partial charge in [-0.2, -0.15) is 0 Å². The fourth-order valence-corrected chi connectivity index (χ4v) is 3.83. The molecule has 0 bridgehead atoms. The first-order valence-electron chi connectivity index (χ1n) is 8.33. The average Bonchev–Trinajstić information content (AvgIpc) is 2.53. The minimum absolute atomic E-state index is 0.179. The van der Waals surface area contributed by atoms with Crippen molar-refractivity contribution in [3.63, 3.8) is 0 Å². The monoisotopic (exact) mass is 289 g/mol. The van der Waals surface area contributed by atoms with Crippen molar-refractivity contribution in [3.05, 3.63) is 22.9 Å². The van der Waals surface area contributed by atoms with Crippen LogP contribution < -0.4 is 10.6 Å². The van der Waals surface area contributed by atoms with Gasteiger partial charge in [0.15, 0.2) is 0 Å². The molecule has 0 aliphatic heterocycles. The van der Waals surface area contributed by atoms with E-state index in [1.807, 2.05) is 0 Å². The number of aryl methyl sites for hydroxylation is 2. The van der Waals surface area contributed by atoms with Gasteiger partial charge in [0.05, 0.1) is 12.1 Å². The van der Waals surface area contributed by atoms with E-state index >= 15 is 0 Å². The molecule has 1 saturated carbocycles. The van der Waals surface area contributed by atoms with Gasteiger partial charge in [-0.3, -0.25) is 0 Å². The van der Waals surface area contributed by atoms with Crippen LogP contribution in [0.15, 0.2) is 6.07 Å². The fourth-order valence-electron chi connectivity index (χ4n) is 3.83. The summed E-state index contributed by atoms with van der Waals surface area (Å²) in [7, 11) is 2.07. The molecule has 2 atom stereocenters. The Morgan fingerprint density at radius 1 is 1.24 bits per heavy atom. The van der Waals surface area contributed by atoms with E-state index in [2.05, 4.69) is 18.0 Å². The van der Waals surface area contributed by atoms with Gasteiger partial charge in [0.2, 0.25) is 0 Å². The lowest BCUT2D eigenvalue weighted by atomic mass is 9.91. The zero-order valence-electron chi connectivity index (χ0n) is 13.0. The maximum Gasteiger partial charge on any atom is 0.133 e. The third-order valence-electron chi connectivity index (χ3n) is 5.10. The summed E-state index contributed by atoms with van der Waals surface area (Å²) in [5, 5.41) is 10.3. The summed E-state index contributed by atoms with van der Waals surface area (Å²) in [5.41, 5.74) is 9.70. The van der Waals surface area contributed by atoms with Crippen molar-refractivity contribution in [2.45, 2.75) is 70.1 Å². The molecule has 0 aromatic carbocycles. The van der Waals surface area contributed by atoms with Crippen LogP contribution in [0.4, 0.5) is 5.82 Å². The van der Waals surface area contributed by atoms with Gasteiger partial charge >= 0.3 is 0 Å². The van der Waals surface area contributed by atoms with Crippen molar-refractivity contribution in [3.8, 4) is 0 Å². The minimum atomic E-state index is -0.243. The maximum absolute atomic E-state index is 10.3. The molecule has 116 valence electrons. The molecule has 0 saturated heterocycles. The number of hydrogen-bond acceptors (Lipinski definition) is 4. The standard InChI is InChI=1S/C17H27N3O/c1-20(15-8-4-5-9-16(15)21)17-13(11-18)10-12-6-2-3-7-14(12)19-17/h10,15-16,21H,2-9,11,18H2,1H3. The van der Waals surface area contributed by atoms with Crippen molar-refractivity contribution in [2.75, 3.05) is 11.9 Å². The van der Waals surface area contributed by atoms with E-state index in [1.54, 1.807) is 0 Å². The van der Waals surface area contributed by atoms with Crippen LogP contribution in [0.1, 0.15) is 55.3 Å². The second-order valence-electron chi connectivity index (χ2n) is 6.52. The number of fused-ring (bicyclic) bond motifs is 1. The number of rotatable bonds is 3. The Morgan fingerprint density at radius 3 is 2.76 bits per heavy atom. The summed E-state index contributed by atoms with van der Waals surface area (Å²) in [5.74, 6) is 0.990. The number of hydrogen-bond donors (Lipinski definition) is 2. The molecule has 3 N–H and O–H groups in total. The second-order valence-corrected chi connectivity index (χ2v) is 6.52. The first kappa shape index (κ1) is 14.8. The Kier molecular flexibility index (Phi) is 4.45. The van der Waals surface area contributed by atoms with Crippen LogP contribution in [-0.4, -0.2) is 29.3 Å². The third-order valence-corrected chi connectivity index (χ3v) is 5.10. The van der Waals surface area contributed by atoms with Crippen LogP contribution >= 0.6 is 0 Å². The Bertz CT molecular complexity index is 503. The van der Waals surface area contributed by atoms with E-state index in [1.165, 1.54) is 30.5 Å². The van der Waals surface area contributed by atoms with Crippen LogP contribution in [0.3, 0.4) is 0 Å². The van der Waals surface area contributed by atoms with Crippen LogP contribution in [0.5, 0.6) is 0 Å². The Hall–Kier alpha value is -1.13. The van der Waals surface area contributed by atoms with Gasteiger partial charge in [0.25, 0.3) is 0 Å². The van der Waals surface area contributed by atoms with Crippen LogP contribution in [0, 0.1) is 0 Å². The van der Waals surface area contributed by atoms with Crippen molar-refractivity contribution >= 4 is 5.82 Å². The lowest BCUT2D eigenvalue weighted by Gasteiger charge is -2.37. The molecule has 2 aliphatic carbocycles. The third kappa shape index (κ3) is 2.92. The van der Waals surface area contributed by atoms with Crippen molar-refractivity contribution in [2.24, 2.45) is 5.73 Å². The van der Waals surface area contributed by atoms with E-state index in [-0.39, 0.29) is 12.1 Å². The molecular weight excluding hydrogens is 262 g/mol. The molecule has 2 aliphatic rings. The smallest absolute Gasteiger partial charge is 0.133 e. The molecule has 0 amide bonds. The number of aromatic nitrogens is 1. The van der Waals surface area contributed by atoms with Crippen LogP contribution in [-0.2, 0) is 19.4 Å². The highest BCUT2D eigenvalue weighted by atomic mass is 16.3. The summed E-state index contributed by atoms with van der Waals surface area (Å²) in [6.07, 6.45) is 8.72. The molecule has 21 heavy (non-hydrogen) atoms. The molecule has 1 aromatic heterocycles. The van der Waals surface area contributed by atoms with E-state index < -0.39 is 0 Å². The largest absolute Gasteiger partial charge is 0.391 e. The lowest BCUT2D eigenvalue weighted by molar-refractivity contribution is 0.106. The van der Waals surface area contributed by atoms with Gasteiger partial charge in [0.1, 0.15) is 5.82 Å². The van der Waals surface area contributed by atoms with Gasteiger partial charge < -0.3 is 15.7 Å². The molecule has 2 unspecified atom stereocenters. The summed E-state index contributed by atoms with van der Waals surface area (Å²) in [4.78, 5) is 7.11. The minimum Gasteiger partial charge on any atom is -0.391 e. The number of aliphatic hydroxyl groups is 1. The second kappa shape index (κ2) is 6.32. The van der Waals surface area contributed by atoms with Crippen molar-refractivity contribution in [1.82, 2.24) is 4.98 Å². The zero-order valence-corrected chi connectivity index (χ0v) is 13.0. The number of likely N-dealkylation sites (N-methyl/N-ethyl adjacent to an activating group) is 1.